The van der Waals surface area contributed by atoms with Crippen LogP contribution in [0.2, 0.25) is 0 Å². The van der Waals surface area contributed by atoms with E-state index in [2.05, 4.69) is 38.1 Å². The van der Waals surface area contributed by atoms with Crippen LogP contribution in [0.4, 0.5) is 0 Å². The molecular formula is C14H15Cl2OTi. The minimum absolute atomic E-state index is 0. The molecule has 0 atom stereocenters. The molecule has 2 rings (SSSR count). The van der Waals surface area contributed by atoms with Gasteiger partial charge >= 0.3 is 108 Å². The van der Waals surface area contributed by atoms with E-state index >= 15 is 0 Å². The number of halogens is 2. The van der Waals surface area contributed by atoms with Crippen molar-refractivity contribution in [2.45, 2.75) is 13.8 Å². The molecule has 0 saturated carbocycles. The smallest absolute Gasteiger partial charge is 0.147 e. The van der Waals surface area contributed by atoms with Gasteiger partial charge in [-0.15, -0.1) is 24.8 Å². The first-order valence-electron chi connectivity index (χ1n) is 5.22. The van der Waals surface area contributed by atoms with E-state index in [4.69, 9.17) is 3.32 Å². The Hall–Kier alpha value is -0.466. The van der Waals surface area contributed by atoms with Gasteiger partial charge in [0.1, 0.15) is 0 Å². The molecule has 0 aliphatic rings. The van der Waals surface area contributed by atoms with Gasteiger partial charge in [-0.25, -0.2) is 0 Å². The molecule has 2 aromatic carbocycles. The van der Waals surface area contributed by atoms with Crippen molar-refractivity contribution in [3.05, 3.63) is 53.6 Å². The Morgan fingerprint density at radius 3 is 2.00 bits per heavy atom. The van der Waals surface area contributed by atoms with Crippen molar-refractivity contribution >= 4 is 24.8 Å². The van der Waals surface area contributed by atoms with Gasteiger partial charge in [0, 0.05) is 0 Å². The van der Waals surface area contributed by atoms with E-state index < -0.39 is 0 Å². The molecule has 1 nitrogen and oxygen atoms in total. The molecule has 0 unspecified atom stereocenters. The Kier molecular flexibility index (Phi) is 7.65. The van der Waals surface area contributed by atoms with Crippen molar-refractivity contribution in [1.82, 2.24) is 0 Å². The van der Waals surface area contributed by atoms with E-state index in [1.807, 2.05) is 18.2 Å². The molecule has 0 radical (unpaired) electrons. The van der Waals surface area contributed by atoms with Crippen molar-refractivity contribution in [2.75, 3.05) is 0 Å². The average molecular weight is 318 g/mol. The molecule has 0 aliphatic carbocycles. The van der Waals surface area contributed by atoms with Gasteiger partial charge in [0.05, 0.1) is 0 Å². The first-order valence-corrected chi connectivity index (χ1v) is 5.86. The number of hydrogen-bond acceptors (Lipinski definition) is 1. The van der Waals surface area contributed by atoms with E-state index in [-0.39, 0.29) is 24.8 Å². The summed E-state index contributed by atoms with van der Waals surface area (Å²) in [5.41, 5.74) is 4.92. The molecule has 0 heterocycles. The second-order valence-electron chi connectivity index (χ2n) is 3.97. The predicted molar refractivity (Wildman–Crippen MR) is 76.5 cm³/mol. The van der Waals surface area contributed by atoms with E-state index in [1.54, 1.807) is 20.8 Å². The number of para-hydroxylation sites is 1. The van der Waals surface area contributed by atoms with E-state index in [0.29, 0.717) is 0 Å². The number of benzene rings is 2. The molecule has 18 heavy (non-hydrogen) atoms. The molecule has 0 spiro atoms. The average Bonchev–Trinajstić information content (AvgIpc) is 2.27. The summed E-state index contributed by atoms with van der Waals surface area (Å²) in [5, 5.41) is 0. The summed E-state index contributed by atoms with van der Waals surface area (Å²) in [6, 6.07) is 14.7. The Morgan fingerprint density at radius 2 is 1.44 bits per heavy atom. The maximum atomic E-state index is 5.38. The normalized spacial score (nSPS) is 8.94. The van der Waals surface area contributed by atoms with Crippen molar-refractivity contribution in [3.8, 4) is 16.9 Å². The topological polar surface area (TPSA) is 9.23 Å². The fraction of sp³-hybridized carbons (Fsp3) is 0.143. The molecule has 4 heteroatoms. The second-order valence-corrected chi connectivity index (χ2v) is 4.29. The number of hydrogen-bond donors (Lipinski definition) is 0. The summed E-state index contributed by atoms with van der Waals surface area (Å²) >= 11 is 1.71. The maximum absolute atomic E-state index is 5.38. The van der Waals surface area contributed by atoms with Gasteiger partial charge in [-0.3, -0.25) is 0 Å². The Balaban J connectivity index is 0.00000144. The van der Waals surface area contributed by atoms with E-state index in [1.165, 1.54) is 16.7 Å². The van der Waals surface area contributed by atoms with Gasteiger partial charge in [0.15, 0.2) is 0 Å². The molecule has 0 bridgehead atoms. The summed E-state index contributed by atoms with van der Waals surface area (Å²) < 4.78 is 5.38. The van der Waals surface area contributed by atoms with Crippen LogP contribution in [0.1, 0.15) is 11.1 Å². The van der Waals surface area contributed by atoms with E-state index in [0.717, 1.165) is 11.3 Å². The Bertz CT molecular complexity index is 495. The van der Waals surface area contributed by atoms with E-state index in [9.17, 15) is 0 Å². The van der Waals surface area contributed by atoms with Gasteiger partial charge < -0.3 is 0 Å². The molecule has 0 N–H and O–H groups in total. The minimum Gasteiger partial charge on any atom is -0.147 e. The first-order chi connectivity index (χ1) is 7.70. The van der Waals surface area contributed by atoms with Crippen LogP contribution in [0.15, 0.2) is 42.5 Å². The van der Waals surface area contributed by atoms with Crippen LogP contribution in [0.25, 0.3) is 11.1 Å². The molecule has 95 valence electrons. The SMILES string of the molecule is Cc1cc(C)cc(-c2ccccc2[O][Ti])c1.Cl.Cl. The zero-order valence-electron chi connectivity index (χ0n) is 10.3. The molecule has 0 saturated heterocycles. The largest absolute Gasteiger partial charge is 0.147 e. The van der Waals surface area contributed by atoms with Gasteiger partial charge in [-0.2, -0.15) is 0 Å². The molecule has 2 aromatic rings. The fourth-order valence-corrected chi connectivity index (χ4v) is 2.20. The van der Waals surface area contributed by atoms with Gasteiger partial charge in [-0.1, -0.05) is 0 Å². The monoisotopic (exact) mass is 317 g/mol. The fourth-order valence-electron chi connectivity index (χ4n) is 1.92. The Morgan fingerprint density at radius 1 is 0.889 bits per heavy atom. The van der Waals surface area contributed by atoms with Gasteiger partial charge in [0.25, 0.3) is 0 Å². The molecule has 0 aliphatic heterocycles. The van der Waals surface area contributed by atoms with Crippen molar-refractivity contribution in [1.29, 1.82) is 0 Å². The quantitative estimate of drug-likeness (QED) is 0.732. The molecule has 0 fully saturated rings. The second kappa shape index (κ2) is 7.86. The summed E-state index contributed by atoms with van der Waals surface area (Å²) in [6.07, 6.45) is 0. The van der Waals surface area contributed by atoms with Crippen molar-refractivity contribution in [2.24, 2.45) is 0 Å². The maximum Gasteiger partial charge on any atom is -0.147 e. The third-order valence-corrected chi connectivity index (χ3v) is 2.87. The third kappa shape index (κ3) is 4.03. The van der Waals surface area contributed by atoms with Crippen LogP contribution < -0.4 is 3.32 Å². The van der Waals surface area contributed by atoms with Crippen LogP contribution in [0.3, 0.4) is 0 Å². The minimum atomic E-state index is 0. The zero-order chi connectivity index (χ0) is 11.5. The van der Waals surface area contributed by atoms with Crippen molar-refractivity contribution in [3.63, 3.8) is 0 Å². The van der Waals surface area contributed by atoms with Gasteiger partial charge in [-0.05, 0) is 0 Å². The zero-order valence-corrected chi connectivity index (χ0v) is 13.5. The van der Waals surface area contributed by atoms with Crippen LogP contribution >= 0.6 is 24.8 Å². The first kappa shape index (κ1) is 17.5. The van der Waals surface area contributed by atoms with Crippen LogP contribution in [0, 0.1) is 13.8 Å². The summed E-state index contributed by atoms with van der Waals surface area (Å²) in [4.78, 5) is 0. The standard InChI is InChI=1S/C14H14O.2ClH.Ti/c1-10-7-11(2)9-12(8-10)13-5-3-4-6-14(13)15;;;/h3-9,15H,1-2H3;2*1H;/q;;;+1/p-1. The number of rotatable bonds is 2. The van der Waals surface area contributed by atoms with Gasteiger partial charge in [0.2, 0.25) is 0 Å². The number of aryl methyl sites for hydroxylation is 2. The molecule has 0 aromatic heterocycles. The summed E-state index contributed by atoms with van der Waals surface area (Å²) in [5.74, 6) is 0.924. The van der Waals surface area contributed by atoms with Crippen LogP contribution in [-0.4, -0.2) is 0 Å². The molecular weight excluding hydrogens is 303 g/mol. The third-order valence-electron chi connectivity index (χ3n) is 2.53. The van der Waals surface area contributed by atoms with Crippen LogP contribution in [0.5, 0.6) is 5.75 Å². The van der Waals surface area contributed by atoms with Crippen LogP contribution in [-0.2, 0) is 20.8 Å². The predicted octanol–water partition coefficient (Wildman–Crippen LogP) is 4.65. The summed E-state index contributed by atoms with van der Waals surface area (Å²) in [7, 11) is 0. The van der Waals surface area contributed by atoms with Crippen molar-refractivity contribution < 1.29 is 24.1 Å². The molecule has 0 amide bonds. The summed E-state index contributed by atoms with van der Waals surface area (Å²) in [6.45, 7) is 4.23. The Labute approximate surface area is 133 Å².